The Labute approximate surface area is 117 Å². The van der Waals surface area contributed by atoms with Gasteiger partial charge in [-0.3, -0.25) is 0 Å². The number of hydrogen-bond donors (Lipinski definition) is 1. The Morgan fingerprint density at radius 1 is 1.10 bits per heavy atom. The summed E-state index contributed by atoms with van der Waals surface area (Å²) < 4.78 is 2.15. The van der Waals surface area contributed by atoms with Gasteiger partial charge in [-0.2, -0.15) is 5.26 Å². The van der Waals surface area contributed by atoms with E-state index in [4.69, 9.17) is 11.0 Å². The van der Waals surface area contributed by atoms with Gasteiger partial charge in [-0.25, -0.2) is 0 Å². The normalized spacial score (nSPS) is 10.7. The summed E-state index contributed by atoms with van der Waals surface area (Å²) in [5.41, 5.74) is 11.7. The molecule has 3 nitrogen and oxygen atoms in total. The van der Waals surface area contributed by atoms with Crippen LogP contribution in [0.25, 0.3) is 22.2 Å². The van der Waals surface area contributed by atoms with E-state index in [2.05, 4.69) is 22.8 Å². The molecule has 0 saturated carbocycles. The largest absolute Gasteiger partial charge is 0.399 e. The van der Waals surface area contributed by atoms with Gasteiger partial charge >= 0.3 is 0 Å². The van der Waals surface area contributed by atoms with Crippen molar-refractivity contribution in [2.45, 2.75) is 6.92 Å². The topological polar surface area (TPSA) is 54.7 Å². The maximum atomic E-state index is 9.01. The summed E-state index contributed by atoms with van der Waals surface area (Å²) in [6.45, 7) is 1.96. The first-order chi connectivity index (χ1) is 9.60. The smallest absolute Gasteiger partial charge is 0.0994 e. The second kappa shape index (κ2) is 4.43. The molecule has 1 aromatic heterocycles. The molecule has 0 aliphatic rings. The van der Waals surface area contributed by atoms with Gasteiger partial charge in [-0.1, -0.05) is 6.07 Å². The van der Waals surface area contributed by atoms with Crippen molar-refractivity contribution >= 4 is 16.6 Å². The molecular formula is C17H15N3. The molecule has 0 aliphatic carbocycles. The molecule has 3 aromatic rings. The summed E-state index contributed by atoms with van der Waals surface area (Å²) in [7, 11) is 2.04. The molecule has 0 unspecified atom stereocenters. The Bertz CT molecular complexity index is 851. The van der Waals surface area contributed by atoms with Crippen LogP contribution in [0.15, 0.2) is 42.5 Å². The van der Waals surface area contributed by atoms with Crippen LogP contribution in [0.4, 0.5) is 5.69 Å². The molecule has 2 aromatic carbocycles. The van der Waals surface area contributed by atoms with E-state index < -0.39 is 0 Å². The minimum absolute atomic E-state index is 0.719. The monoisotopic (exact) mass is 261 g/mol. The van der Waals surface area contributed by atoms with Crippen LogP contribution >= 0.6 is 0 Å². The first-order valence-electron chi connectivity index (χ1n) is 6.46. The zero-order valence-corrected chi connectivity index (χ0v) is 11.5. The van der Waals surface area contributed by atoms with Gasteiger partial charge in [0.2, 0.25) is 0 Å². The second-order valence-corrected chi connectivity index (χ2v) is 5.05. The molecule has 2 N–H and O–H groups in total. The quantitative estimate of drug-likeness (QED) is 0.680. The Hall–Kier alpha value is -2.73. The zero-order chi connectivity index (χ0) is 14.3. The molecule has 0 fully saturated rings. The summed E-state index contributed by atoms with van der Waals surface area (Å²) in [5.74, 6) is 0. The van der Waals surface area contributed by atoms with Gasteiger partial charge in [0.15, 0.2) is 0 Å². The number of nitrogen functional groups attached to an aromatic ring is 1. The van der Waals surface area contributed by atoms with Crippen LogP contribution in [-0.2, 0) is 7.05 Å². The van der Waals surface area contributed by atoms with Gasteiger partial charge in [-0.05, 0) is 54.4 Å². The van der Waals surface area contributed by atoms with Crippen molar-refractivity contribution in [1.29, 1.82) is 5.26 Å². The zero-order valence-electron chi connectivity index (χ0n) is 11.5. The van der Waals surface area contributed by atoms with Gasteiger partial charge in [0.05, 0.1) is 11.6 Å². The lowest BCUT2D eigenvalue weighted by Gasteiger charge is -2.06. The molecule has 3 rings (SSSR count). The van der Waals surface area contributed by atoms with Crippen molar-refractivity contribution in [2.24, 2.45) is 7.05 Å². The van der Waals surface area contributed by atoms with Crippen LogP contribution in [0, 0.1) is 18.3 Å². The van der Waals surface area contributed by atoms with Gasteiger partial charge in [0.25, 0.3) is 0 Å². The third kappa shape index (κ3) is 1.83. The summed E-state index contributed by atoms with van der Waals surface area (Å²) in [6.07, 6.45) is 0. The average Bonchev–Trinajstić information content (AvgIpc) is 2.75. The third-order valence-electron chi connectivity index (χ3n) is 3.71. The number of nitrogens with zero attached hydrogens (tertiary/aromatic N) is 2. The number of rotatable bonds is 1. The number of nitrogens with two attached hydrogens (primary N) is 1. The number of hydrogen-bond acceptors (Lipinski definition) is 2. The van der Waals surface area contributed by atoms with E-state index in [0.717, 1.165) is 39.0 Å². The number of aryl methyl sites for hydroxylation is 2. The fourth-order valence-corrected chi connectivity index (χ4v) is 2.59. The van der Waals surface area contributed by atoms with Crippen molar-refractivity contribution < 1.29 is 0 Å². The standard InChI is InChI=1S/C17H15N3/c1-11-7-12(3-4-13(11)10-18)17-9-14-8-15(19)5-6-16(14)20(17)2/h3-9H,19H2,1-2H3. The molecular weight excluding hydrogens is 246 g/mol. The molecule has 3 heteroatoms. The van der Waals surface area contributed by atoms with Gasteiger partial charge in [0, 0.05) is 29.3 Å². The van der Waals surface area contributed by atoms with Crippen LogP contribution in [-0.4, -0.2) is 4.57 Å². The van der Waals surface area contributed by atoms with Crippen LogP contribution in [0.1, 0.15) is 11.1 Å². The van der Waals surface area contributed by atoms with E-state index in [0.29, 0.717) is 0 Å². The maximum absolute atomic E-state index is 9.01. The van der Waals surface area contributed by atoms with Crippen LogP contribution in [0.3, 0.4) is 0 Å². The lowest BCUT2D eigenvalue weighted by atomic mass is 10.0. The lowest BCUT2D eigenvalue weighted by Crippen LogP contribution is -1.92. The molecule has 98 valence electrons. The molecule has 20 heavy (non-hydrogen) atoms. The van der Waals surface area contributed by atoms with Gasteiger partial charge < -0.3 is 10.3 Å². The van der Waals surface area contributed by atoms with E-state index in [1.165, 1.54) is 0 Å². The molecule has 0 spiro atoms. The molecule has 0 saturated heterocycles. The average molecular weight is 261 g/mol. The van der Waals surface area contributed by atoms with Crippen molar-refractivity contribution in [3.05, 3.63) is 53.6 Å². The van der Waals surface area contributed by atoms with E-state index >= 15 is 0 Å². The minimum Gasteiger partial charge on any atom is -0.399 e. The summed E-state index contributed by atoms with van der Waals surface area (Å²) in [4.78, 5) is 0. The maximum Gasteiger partial charge on any atom is 0.0994 e. The highest BCUT2D eigenvalue weighted by atomic mass is 14.9. The lowest BCUT2D eigenvalue weighted by molar-refractivity contribution is 0.978. The van der Waals surface area contributed by atoms with E-state index in [1.54, 1.807) is 0 Å². The van der Waals surface area contributed by atoms with E-state index in [9.17, 15) is 0 Å². The molecule has 0 radical (unpaired) electrons. The number of fused-ring (bicyclic) bond motifs is 1. The molecule has 0 aliphatic heterocycles. The number of benzene rings is 2. The fourth-order valence-electron chi connectivity index (χ4n) is 2.59. The highest BCUT2D eigenvalue weighted by Crippen LogP contribution is 2.29. The first kappa shape index (κ1) is 12.3. The van der Waals surface area contributed by atoms with Crippen molar-refractivity contribution in [3.63, 3.8) is 0 Å². The van der Waals surface area contributed by atoms with Gasteiger partial charge in [0.1, 0.15) is 0 Å². The van der Waals surface area contributed by atoms with Crippen LogP contribution < -0.4 is 5.73 Å². The van der Waals surface area contributed by atoms with Crippen LogP contribution in [0.2, 0.25) is 0 Å². The predicted molar refractivity (Wildman–Crippen MR) is 82.2 cm³/mol. The highest BCUT2D eigenvalue weighted by Gasteiger charge is 2.09. The first-order valence-corrected chi connectivity index (χ1v) is 6.46. The summed E-state index contributed by atoms with van der Waals surface area (Å²) in [6, 6.07) is 16.2. The van der Waals surface area contributed by atoms with Crippen molar-refractivity contribution in [1.82, 2.24) is 4.57 Å². The molecule has 1 heterocycles. The highest BCUT2D eigenvalue weighted by molar-refractivity contribution is 5.89. The number of anilines is 1. The number of aromatic nitrogens is 1. The van der Waals surface area contributed by atoms with Crippen molar-refractivity contribution in [2.75, 3.05) is 5.73 Å². The van der Waals surface area contributed by atoms with Crippen LogP contribution in [0.5, 0.6) is 0 Å². The fraction of sp³-hybridized carbons (Fsp3) is 0.118. The van der Waals surface area contributed by atoms with E-state index in [-0.39, 0.29) is 0 Å². The Kier molecular flexibility index (Phi) is 2.73. The minimum atomic E-state index is 0.719. The SMILES string of the molecule is Cc1cc(-c2cc3cc(N)ccc3n2C)ccc1C#N. The number of nitriles is 1. The third-order valence-corrected chi connectivity index (χ3v) is 3.71. The predicted octanol–water partition coefficient (Wildman–Crippen LogP) is 3.61. The Balaban J connectivity index is 2.22. The summed E-state index contributed by atoms with van der Waals surface area (Å²) >= 11 is 0. The molecule has 0 amide bonds. The second-order valence-electron chi connectivity index (χ2n) is 5.05. The molecule has 0 bridgehead atoms. The van der Waals surface area contributed by atoms with Gasteiger partial charge in [-0.15, -0.1) is 0 Å². The summed E-state index contributed by atoms with van der Waals surface area (Å²) in [5, 5.41) is 10.1. The Morgan fingerprint density at radius 2 is 1.90 bits per heavy atom. The van der Waals surface area contributed by atoms with Crippen molar-refractivity contribution in [3.8, 4) is 17.3 Å². The van der Waals surface area contributed by atoms with E-state index in [1.807, 2.05) is 44.3 Å². The molecule has 0 atom stereocenters. The Morgan fingerprint density at radius 3 is 2.60 bits per heavy atom.